The van der Waals surface area contributed by atoms with Crippen molar-refractivity contribution in [2.75, 3.05) is 0 Å². The third-order valence-corrected chi connectivity index (χ3v) is 3.09. The molecule has 0 aromatic heterocycles. The van der Waals surface area contributed by atoms with Crippen LogP contribution in [0.3, 0.4) is 0 Å². The molecule has 4 nitrogen and oxygen atoms in total. The summed E-state index contributed by atoms with van der Waals surface area (Å²) >= 11 is 0. The first-order valence-electron chi connectivity index (χ1n) is 7.47. The molecule has 0 saturated carbocycles. The van der Waals surface area contributed by atoms with E-state index in [4.69, 9.17) is 9.84 Å². The molecule has 19 heavy (non-hydrogen) atoms. The van der Waals surface area contributed by atoms with Crippen molar-refractivity contribution in [3.63, 3.8) is 0 Å². The van der Waals surface area contributed by atoms with Crippen LogP contribution in [0.4, 0.5) is 0 Å². The number of unbranched alkanes of at least 4 members (excludes halogenated alkanes) is 7. The van der Waals surface area contributed by atoms with Gasteiger partial charge in [-0.25, -0.2) is 0 Å². The summed E-state index contributed by atoms with van der Waals surface area (Å²) in [5.74, 6) is -1.77. The summed E-state index contributed by atoms with van der Waals surface area (Å²) in [5, 5.41) is 8.43. The van der Waals surface area contributed by atoms with Gasteiger partial charge in [0, 0.05) is 0 Å². The minimum absolute atomic E-state index is 0.174. The van der Waals surface area contributed by atoms with Crippen LogP contribution >= 0.6 is 0 Å². The van der Waals surface area contributed by atoms with Crippen LogP contribution in [0.5, 0.6) is 0 Å². The first-order valence-corrected chi connectivity index (χ1v) is 7.47. The van der Waals surface area contributed by atoms with Crippen LogP contribution in [0, 0.1) is 0 Å². The molecule has 0 radical (unpaired) electrons. The number of carbonyl (C=O) groups excluding carboxylic acids is 1. The molecule has 0 aliphatic heterocycles. The van der Waals surface area contributed by atoms with Crippen LogP contribution in [-0.2, 0) is 14.3 Å². The SMILES string of the molecule is CCCCCCCCCCC(C)OC(=O)CC(=O)O. The lowest BCUT2D eigenvalue weighted by Crippen LogP contribution is -2.17. The average molecular weight is 272 g/mol. The monoisotopic (exact) mass is 272 g/mol. The van der Waals surface area contributed by atoms with Gasteiger partial charge in [0.05, 0.1) is 6.10 Å². The molecule has 112 valence electrons. The summed E-state index contributed by atoms with van der Waals surface area (Å²) in [6.45, 7) is 4.04. The lowest BCUT2D eigenvalue weighted by atomic mass is 10.1. The fourth-order valence-corrected chi connectivity index (χ4v) is 2.01. The van der Waals surface area contributed by atoms with E-state index in [0.717, 1.165) is 19.3 Å². The second-order valence-corrected chi connectivity index (χ2v) is 5.13. The van der Waals surface area contributed by atoms with E-state index in [9.17, 15) is 9.59 Å². The Morgan fingerprint density at radius 3 is 2.05 bits per heavy atom. The Morgan fingerprint density at radius 1 is 1.00 bits per heavy atom. The molecule has 0 aromatic rings. The van der Waals surface area contributed by atoms with E-state index in [1.54, 1.807) is 0 Å². The Labute approximate surface area is 116 Å². The number of hydrogen-bond donors (Lipinski definition) is 1. The maximum atomic E-state index is 11.1. The van der Waals surface area contributed by atoms with Gasteiger partial charge in [-0.1, -0.05) is 51.9 Å². The molecule has 0 heterocycles. The molecule has 0 spiro atoms. The fourth-order valence-electron chi connectivity index (χ4n) is 2.01. The Kier molecular flexibility index (Phi) is 11.3. The highest BCUT2D eigenvalue weighted by Gasteiger charge is 2.12. The van der Waals surface area contributed by atoms with Gasteiger partial charge >= 0.3 is 11.9 Å². The lowest BCUT2D eigenvalue weighted by molar-refractivity contribution is -0.154. The van der Waals surface area contributed by atoms with Crippen LogP contribution in [-0.4, -0.2) is 23.1 Å². The van der Waals surface area contributed by atoms with Crippen LogP contribution in [0.2, 0.25) is 0 Å². The second kappa shape index (κ2) is 12.0. The highest BCUT2D eigenvalue weighted by molar-refractivity contribution is 5.90. The second-order valence-electron chi connectivity index (χ2n) is 5.13. The molecule has 1 atom stereocenters. The minimum Gasteiger partial charge on any atom is -0.481 e. The third-order valence-electron chi connectivity index (χ3n) is 3.09. The first-order chi connectivity index (χ1) is 9.06. The van der Waals surface area contributed by atoms with Gasteiger partial charge in [-0.3, -0.25) is 9.59 Å². The number of carboxylic acid groups (broad SMARTS) is 1. The van der Waals surface area contributed by atoms with Gasteiger partial charge in [0.15, 0.2) is 0 Å². The maximum Gasteiger partial charge on any atom is 0.317 e. The van der Waals surface area contributed by atoms with Crippen molar-refractivity contribution in [3.8, 4) is 0 Å². The smallest absolute Gasteiger partial charge is 0.317 e. The molecule has 0 rings (SSSR count). The molecule has 1 unspecified atom stereocenters. The van der Waals surface area contributed by atoms with Crippen molar-refractivity contribution in [2.24, 2.45) is 0 Å². The molecule has 0 aliphatic carbocycles. The Balaban J connectivity index is 3.36. The summed E-state index contributed by atoms with van der Waals surface area (Å²) < 4.78 is 5.00. The number of rotatable bonds is 12. The van der Waals surface area contributed by atoms with E-state index in [0.29, 0.717) is 0 Å². The molecular formula is C15H28O4. The van der Waals surface area contributed by atoms with Gasteiger partial charge in [-0.05, 0) is 19.8 Å². The Bertz CT molecular complexity index is 251. The van der Waals surface area contributed by atoms with Gasteiger partial charge < -0.3 is 9.84 Å². The number of aliphatic carboxylic acids is 1. The summed E-state index contributed by atoms with van der Waals surface area (Å²) in [6, 6.07) is 0. The van der Waals surface area contributed by atoms with Crippen LogP contribution < -0.4 is 0 Å². The van der Waals surface area contributed by atoms with Crippen LogP contribution in [0.25, 0.3) is 0 Å². The van der Waals surface area contributed by atoms with Gasteiger partial charge in [-0.2, -0.15) is 0 Å². The van der Waals surface area contributed by atoms with Crippen molar-refractivity contribution in [1.29, 1.82) is 0 Å². The maximum absolute atomic E-state index is 11.1. The molecule has 0 fully saturated rings. The normalized spacial score (nSPS) is 12.1. The molecule has 4 heteroatoms. The number of carbonyl (C=O) groups is 2. The summed E-state index contributed by atoms with van der Waals surface area (Å²) in [5.41, 5.74) is 0. The van der Waals surface area contributed by atoms with Crippen LogP contribution in [0.1, 0.15) is 78.1 Å². The van der Waals surface area contributed by atoms with Crippen molar-refractivity contribution < 1.29 is 19.4 Å². The number of carboxylic acids is 1. The summed E-state index contributed by atoms with van der Waals surface area (Å²) in [7, 11) is 0. The topological polar surface area (TPSA) is 63.6 Å². The predicted octanol–water partition coefficient (Wildman–Crippen LogP) is 3.92. The molecular weight excluding hydrogens is 244 g/mol. The molecule has 0 saturated heterocycles. The largest absolute Gasteiger partial charge is 0.481 e. The van der Waals surface area contributed by atoms with E-state index >= 15 is 0 Å². The number of hydrogen-bond acceptors (Lipinski definition) is 3. The minimum atomic E-state index is -1.13. The van der Waals surface area contributed by atoms with E-state index in [2.05, 4.69) is 6.92 Å². The van der Waals surface area contributed by atoms with Crippen LogP contribution in [0.15, 0.2) is 0 Å². The molecule has 0 amide bonds. The zero-order chi connectivity index (χ0) is 14.5. The Hall–Kier alpha value is -1.06. The molecule has 1 N–H and O–H groups in total. The first kappa shape index (κ1) is 17.9. The lowest BCUT2D eigenvalue weighted by Gasteiger charge is -2.12. The highest BCUT2D eigenvalue weighted by atomic mass is 16.5. The zero-order valence-electron chi connectivity index (χ0n) is 12.3. The van der Waals surface area contributed by atoms with Gasteiger partial charge in [-0.15, -0.1) is 0 Å². The van der Waals surface area contributed by atoms with Crippen molar-refractivity contribution >= 4 is 11.9 Å². The predicted molar refractivity (Wildman–Crippen MR) is 75.0 cm³/mol. The highest BCUT2D eigenvalue weighted by Crippen LogP contribution is 2.12. The summed E-state index contributed by atoms with van der Waals surface area (Å²) in [4.78, 5) is 21.4. The van der Waals surface area contributed by atoms with Gasteiger partial charge in [0.25, 0.3) is 0 Å². The molecule has 0 bridgehead atoms. The van der Waals surface area contributed by atoms with E-state index < -0.39 is 18.4 Å². The van der Waals surface area contributed by atoms with Crippen molar-refractivity contribution in [2.45, 2.75) is 84.2 Å². The standard InChI is InChI=1S/C15H28O4/c1-3-4-5-6-7-8-9-10-11-13(2)19-15(18)12-14(16)17/h13H,3-12H2,1-2H3,(H,16,17). The third kappa shape index (κ3) is 13.2. The van der Waals surface area contributed by atoms with Gasteiger partial charge in [0.2, 0.25) is 0 Å². The fraction of sp³-hybridized carbons (Fsp3) is 0.867. The molecule has 0 aromatic carbocycles. The summed E-state index contributed by atoms with van der Waals surface area (Å²) in [6.07, 6.45) is 10.1. The van der Waals surface area contributed by atoms with E-state index in [1.807, 2.05) is 6.92 Å². The van der Waals surface area contributed by atoms with Crippen molar-refractivity contribution in [1.82, 2.24) is 0 Å². The number of ether oxygens (including phenoxy) is 1. The quantitative estimate of drug-likeness (QED) is 0.332. The average Bonchev–Trinajstić information content (AvgIpc) is 2.31. The Morgan fingerprint density at radius 2 is 1.53 bits per heavy atom. The zero-order valence-corrected chi connectivity index (χ0v) is 12.3. The van der Waals surface area contributed by atoms with Gasteiger partial charge in [0.1, 0.15) is 6.42 Å². The molecule has 0 aliphatic rings. The number of esters is 1. The van der Waals surface area contributed by atoms with Crippen molar-refractivity contribution in [3.05, 3.63) is 0 Å². The van der Waals surface area contributed by atoms with E-state index in [-0.39, 0.29) is 6.10 Å². The van der Waals surface area contributed by atoms with E-state index in [1.165, 1.54) is 38.5 Å².